The number of hydrogen-bond acceptors (Lipinski definition) is 8. The molecule has 5 aromatic rings. The maximum absolute atomic E-state index is 13.1. The number of anilines is 2. The van der Waals surface area contributed by atoms with Crippen molar-refractivity contribution in [2.75, 3.05) is 10.0 Å². The Balaban J connectivity index is 1.29. The molecule has 3 aromatic carbocycles. The summed E-state index contributed by atoms with van der Waals surface area (Å²) in [5, 5.41) is 4.94. The molecule has 9 nitrogen and oxygen atoms in total. The van der Waals surface area contributed by atoms with Crippen molar-refractivity contribution in [1.29, 1.82) is 0 Å². The number of ether oxygens (including phenoxy) is 1. The number of nitrogens with one attached hydrogen (secondary N) is 2. The molecule has 0 amide bonds. The highest BCUT2D eigenvalue weighted by atomic mass is 32.2. The number of aromatic nitrogens is 3. The van der Waals surface area contributed by atoms with E-state index >= 15 is 0 Å². The smallest absolute Gasteiger partial charge is 0.236 e. The van der Waals surface area contributed by atoms with Crippen molar-refractivity contribution in [3.63, 3.8) is 0 Å². The molecule has 1 aliphatic carbocycles. The fourth-order valence-corrected chi connectivity index (χ4v) is 6.67. The van der Waals surface area contributed by atoms with E-state index in [1.807, 2.05) is 67.6 Å². The number of nitrogens with two attached hydrogens (primary N) is 1. The Hall–Kier alpha value is -4.54. The predicted octanol–water partition coefficient (Wildman–Crippen LogP) is 6.42. The SMILES string of the molecule is Cc1ccc2c(NS(=O)(=O)Cc3ccccc3)cccc2c1Oc1ncccc1-c1ccnc(N[C@H]2CC[C@H](N)CC2)n1. The van der Waals surface area contributed by atoms with Crippen LogP contribution in [0.15, 0.2) is 91.3 Å². The first kappa shape index (κ1) is 28.6. The zero-order valence-electron chi connectivity index (χ0n) is 23.9. The van der Waals surface area contributed by atoms with Gasteiger partial charge in [-0.25, -0.2) is 23.4 Å². The molecule has 220 valence electrons. The number of hydrogen-bond donors (Lipinski definition) is 3. The molecule has 1 aliphatic rings. The summed E-state index contributed by atoms with van der Waals surface area (Å²) in [5.74, 6) is 1.41. The molecule has 0 bridgehead atoms. The van der Waals surface area contributed by atoms with Gasteiger partial charge in [0.05, 0.1) is 22.7 Å². The van der Waals surface area contributed by atoms with E-state index in [0.29, 0.717) is 34.5 Å². The molecule has 0 aliphatic heterocycles. The van der Waals surface area contributed by atoms with E-state index in [2.05, 4.69) is 20.0 Å². The number of fused-ring (bicyclic) bond motifs is 1. The van der Waals surface area contributed by atoms with Crippen molar-refractivity contribution in [2.24, 2.45) is 5.73 Å². The summed E-state index contributed by atoms with van der Waals surface area (Å²) in [7, 11) is -3.65. The lowest BCUT2D eigenvalue weighted by Gasteiger charge is -2.26. The first-order valence-electron chi connectivity index (χ1n) is 14.4. The van der Waals surface area contributed by atoms with Crippen LogP contribution in [0, 0.1) is 6.92 Å². The molecule has 4 N–H and O–H groups in total. The van der Waals surface area contributed by atoms with Gasteiger partial charge in [-0.1, -0.05) is 54.6 Å². The first-order valence-corrected chi connectivity index (χ1v) is 16.0. The minimum atomic E-state index is -3.65. The standard InChI is InChI=1S/C33H34N6O3S/c1-22-12-17-26-27(9-5-11-30(26)39-43(40,41)21-23-7-3-2-4-8-23)31(22)42-32-28(10-6-19-35-32)29-18-20-36-33(38-29)37-25-15-13-24(34)14-16-25/h2-12,17-20,24-25,39H,13-16,21,34H2,1H3,(H,36,37,38)/t24-,25-. The fourth-order valence-electron chi connectivity index (χ4n) is 5.45. The van der Waals surface area contributed by atoms with E-state index in [4.69, 9.17) is 15.5 Å². The third-order valence-electron chi connectivity index (χ3n) is 7.68. The molecule has 43 heavy (non-hydrogen) atoms. The van der Waals surface area contributed by atoms with Gasteiger partial charge < -0.3 is 15.8 Å². The van der Waals surface area contributed by atoms with Crippen molar-refractivity contribution in [1.82, 2.24) is 15.0 Å². The highest BCUT2D eigenvalue weighted by molar-refractivity contribution is 7.91. The molecule has 0 saturated heterocycles. The summed E-state index contributed by atoms with van der Waals surface area (Å²) in [6.07, 6.45) is 7.35. The van der Waals surface area contributed by atoms with Gasteiger partial charge in [0.2, 0.25) is 21.9 Å². The minimum absolute atomic E-state index is 0.124. The van der Waals surface area contributed by atoms with Crippen LogP contribution in [0.25, 0.3) is 22.0 Å². The number of rotatable bonds is 9. The van der Waals surface area contributed by atoms with Crippen molar-refractivity contribution >= 4 is 32.4 Å². The lowest BCUT2D eigenvalue weighted by molar-refractivity contribution is 0.410. The van der Waals surface area contributed by atoms with Gasteiger partial charge in [0.1, 0.15) is 5.75 Å². The van der Waals surface area contributed by atoms with Gasteiger partial charge in [-0.05, 0) is 68.0 Å². The molecular formula is C33H34N6O3S. The van der Waals surface area contributed by atoms with Gasteiger partial charge in [0, 0.05) is 35.2 Å². The van der Waals surface area contributed by atoms with Crippen molar-refractivity contribution in [2.45, 2.75) is 50.4 Å². The topological polar surface area (TPSA) is 132 Å². The lowest BCUT2D eigenvalue weighted by atomic mass is 9.92. The van der Waals surface area contributed by atoms with Crippen molar-refractivity contribution in [3.05, 3.63) is 102 Å². The third kappa shape index (κ3) is 6.76. The molecule has 0 spiro atoms. The van der Waals surface area contributed by atoms with Crippen LogP contribution in [0.3, 0.4) is 0 Å². The molecule has 10 heteroatoms. The maximum Gasteiger partial charge on any atom is 0.236 e. The highest BCUT2D eigenvalue weighted by Gasteiger charge is 2.21. The Labute approximate surface area is 251 Å². The van der Waals surface area contributed by atoms with Gasteiger partial charge in [0.15, 0.2) is 0 Å². The van der Waals surface area contributed by atoms with Crippen molar-refractivity contribution in [3.8, 4) is 22.9 Å². The maximum atomic E-state index is 13.1. The predicted molar refractivity (Wildman–Crippen MR) is 171 cm³/mol. The molecule has 0 atom stereocenters. The zero-order chi connectivity index (χ0) is 29.8. The second-order valence-electron chi connectivity index (χ2n) is 10.9. The van der Waals surface area contributed by atoms with Crippen LogP contribution in [-0.4, -0.2) is 35.5 Å². The Morgan fingerprint density at radius 1 is 0.860 bits per heavy atom. The van der Waals surface area contributed by atoms with Crippen molar-refractivity contribution < 1.29 is 13.2 Å². The Kier molecular flexibility index (Phi) is 8.22. The number of aryl methyl sites for hydroxylation is 1. The summed E-state index contributed by atoms with van der Waals surface area (Å²) >= 11 is 0. The average Bonchev–Trinajstić information content (AvgIpc) is 3.00. The van der Waals surface area contributed by atoms with E-state index in [0.717, 1.165) is 47.6 Å². The molecule has 6 rings (SSSR count). The number of nitrogens with zero attached hydrogens (tertiary/aromatic N) is 3. The quantitative estimate of drug-likeness (QED) is 0.178. The monoisotopic (exact) mass is 594 g/mol. The molecule has 2 heterocycles. The second-order valence-corrected chi connectivity index (χ2v) is 12.7. The van der Waals surface area contributed by atoms with E-state index in [-0.39, 0.29) is 17.8 Å². The molecule has 2 aromatic heterocycles. The van der Waals surface area contributed by atoms with Gasteiger partial charge in [-0.15, -0.1) is 0 Å². The van der Waals surface area contributed by atoms with Crippen LogP contribution in [0.1, 0.15) is 36.8 Å². The number of pyridine rings is 1. The van der Waals surface area contributed by atoms with Gasteiger partial charge >= 0.3 is 0 Å². The van der Waals surface area contributed by atoms with Gasteiger partial charge in [-0.3, -0.25) is 4.72 Å². The van der Waals surface area contributed by atoms with Crippen LogP contribution < -0.4 is 20.5 Å². The van der Waals surface area contributed by atoms with E-state index in [9.17, 15) is 8.42 Å². The lowest BCUT2D eigenvalue weighted by Crippen LogP contribution is -2.33. The average molecular weight is 595 g/mol. The van der Waals surface area contributed by atoms with Gasteiger partial charge in [-0.2, -0.15) is 0 Å². The number of sulfonamides is 1. The molecule has 1 fully saturated rings. The summed E-state index contributed by atoms with van der Waals surface area (Å²) in [6, 6.07) is 24.6. The zero-order valence-corrected chi connectivity index (χ0v) is 24.7. The van der Waals surface area contributed by atoms with E-state index < -0.39 is 10.0 Å². The largest absolute Gasteiger partial charge is 0.437 e. The Morgan fingerprint density at radius 3 is 2.49 bits per heavy atom. The summed E-state index contributed by atoms with van der Waals surface area (Å²) in [6.45, 7) is 1.95. The van der Waals surface area contributed by atoms with Crippen LogP contribution in [0.4, 0.5) is 11.6 Å². The Morgan fingerprint density at radius 2 is 1.67 bits per heavy atom. The number of benzene rings is 3. The van der Waals surface area contributed by atoms with Gasteiger partial charge in [0.25, 0.3) is 0 Å². The highest BCUT2D eigenvalue weighted by Crippen LogP contribution is 2.39. The third-order valence-corrected chi connectivity index (χ3v) is 8.92. The van der Waals surface area contributed by atoms with Crippen LogP contribution in [0.5, 0.6) is 11.6 Å². The first-order chi connectivity index (χ1) is 20.8. The minimum Gasteiger partial charge on any atom is -0.437 e. The Bertz CT molecular complexity index is 1840. The summed E-state index contributed by atoms with van der Waals surface area (Å²) in [4.78, 5) is 13.8. The molecule has 0 radical (unpaired) electrons. The van der Waals surface area contributed by atoms with E-state index in [1.54, 1.807) is 30.6 Å². The van der Waals surface area contributed by atoms with Crippen LogP contribution in [-0.2, 0) is 15.8 Å². The summed E-state index contributed by atoms with van der Waals surface area (Å²) < 4.78 is 35.4. The fraction of sp³-hybridized carbons (Fsp3) is 0.242. The molecule has 0 unspecified atom stereocenters. The molecule has 1 saturated carbocycles. The normalized spacial score (nSPS) is 17.0. The van der Waals surface area contributed by atoms with E-state index in [1.165, 1.54) is 0 Å². The summed E-state index contributed by atoms with van der Waals surface area (Å²) in [5.41, 5.74) is 9.54. The van der Waals surface area contributed by atoms with Crippen LogP contribution >= 0.6 is 0 Å². The molecular weight excluding hydrogens is 560 g/mol. The van der Waals surface area contributed by atoms with Crippen LogP contribution in [0.2, 0.25) is 0 Å². The second kappa shape index (κ2) is 12.4.